The number of hydrogen-bond acceptors (Lipinski definition) is 6. The van der Waals surface area contributed by atoms with Crippen molar-refractivity contribution in [2.45, 2.75) is 37.1 Å². The van der Waals surface area contributed by atoms with Crippen LogP contribution in [0.1, 0.15) is 40.9 Å². The Bertz CT molecular complexity index is 1420. The van der Waals surface area contributed by atoms with E-state index in [1.54, 1.807) is 53.5 Å². The maximum Gasteiger partial charge on any atom is 0.257 e. The number of aryl methyl sites for hydroxylation is 1. The van der Waals surface area contributed by atoms with Gasteiger partial charge < -0.3 is 14.6 Å². The molecule has 0 spiro atoms. The van der Waals surface area contributed by atoms with Gasteiger partial charge in [-0.3, -0.25) is 14.7 Å². The first-order valence-corrected chi connectivity index (χ1v) is 14.4. The molecule has 1 saturated heterocycles. The number of pyridine rings is 1. The van der Waals surface area contributed by atoms with Gasteiger partial charge in [0.2, 0.25) is 0 Å². The van der Waals surface area contributed by atoms with Gasteiger partial charge in [0, 0.05) is 43.5 Å². The number of carbonyl (C=O) groups is 1. The first-order chi connectivity index (χ1) is 17.8. The monoisotopic (exact) mass is 520 g/mol. The lowest BCUT2D eigenvalue weighted by Gasteiger charge is -2.36. The van der Waals surface area contributed by atoms with Crippen LogP contribution in [0.2, 0.25) is 0 Å². The molecule has 0 saturated carbocycles. The Hall–Kier alpha value is -3.27. The summed E-state index contributed by atoms with van der Waals surface area (Å²) < 4.78 is 30.6. The Morgan fingerprint density at radius 1 is 1.14 bits per heavy atom. The van der Waals surface area contributed by atoms with Crippen LogP contribution in [0.3, 0.4) is 0 Å². The standard InChI is InChI=1S/C28H32N4O4S/c1-20-17-23(18-29-27(20)21-3-5-24(6-4-21)31-13-15-36-16-14-31)30-28(33)22-11-12-32(19-22)25-7-9-26(10-8-25)37(2,34)35/h3,7-12,17-19,24H,4-6,13-16H2,1-2H3,(H,30,33). The second kappa shape index (κ2) is 10.6. The number of rotatable bonds is 6. The van der Waals surface area contributed by atoms with E-state index in [0.717, 1.165) is 62.5 Å². The summed E-state index contributed by atoms with van der Waals surface area (Å²) in [7, 11) is -3.25. The predicted octanol–water partition coefficient (Wildman–Crippen LogP) is 4.10. The number of nitrogens with zero attached hydrogens (tertiary/aromatic N) is 3. The van der Waals surface area contributed by atoms with Crippen molar-refractivity contribution in [3.63, 3.8) is 0 Å². The molecule has 1 unspecified atom stereocenters. The van der Waals surface area contributed by atoms with E-state index in [-0.39, 0.29) is 10.8 Å². The van der Waals surface area contributed by atoms with Crippen LogP contribution in [-0.2, 0) is 14.6 Å². The lowest BCUT2D eigenvalue weighted by Crippen LogP contribution is -2.43. The van der Waals surface area contributed by atoms with E-state index in [1.807, 2.05) is 13.0 Å². The van der Waals surface area contributed by atoms with Gasteiger partial charge in [-0.2, -0.15) is 0 Å². The lowest BCUT2D eigenvalue weighted by molar-refractivity contribution is 0.0150. The van der Waals surface area contributed by atoms with Crippen LogP contribution in [0.15, 0.2) is 66.0 Å². The molecule has 2 aliphatic rings. The van der Waals surface area contributed by atoms with Crippen molar-refractivity contribution >= 4 is 27.0 Å². The number of carbonyl (C=O) groups excluding carboxylic acids is 1. The molecular weight excluding hydrogens is 488 g/mol. The van der Waals surface area contributed by atoms with E-state index in [4.69, 9.17) is 9.72 Å². The first kappa shape index (κ1) is 25.4. The molecule has 37 heavy (non-hydrogen) atoms. The van der Waals surface area contributed by atoms with Gasteiger partial charge in [-0.25, -0.2) is 8.42 Å². The molecule has 0 radical (unpaired) electrons. The van der Waals surface area contributed by atoms with Gasteiger partial charge in [-0.15, -0.1) is 0 Å². The van der Waals surface area contributed by atoms with Crippen molar-refractivity contribution in [2.24, 2.45) is 0 Å². The Morgan fingerprint density at radius 3 is 2.54 bits per heavy atom. The zero-order valence-electron chi connectivity index (χ0n) is 21.2. The molecule has 194 valence electrons. The summed E-state index contributed by atoms with van der Waals surface area (Å²) in [5, 5.41) is 2.94. The zero-order valence-corrected chi connectivity index (χ0v) is 22.0. The molecule has 1 aliphatic heterocycles. The highest BCUT2D eigenvalue weighted by Gasteiger charge is 2.24. The normalized spacial score (nSPS) is 18.9. The molecule has 3 aromatic rings. The van der Waals surface area contributed by atoms with Gasteiger partial charge >= 0.3 is 0 Å². The highest BCUT2D eigenvalue weighted by atomic mass is 32.2. The third-order valence-electron chi connectivity index (χ3n) is 7.10. The lowest BCUT2D eigenvalue weighted by atomic mass is 9.90. The van der Waals surface area contributed by atoms with E-state index in [1.165, 1.54) is 11.8 Å². The minimum Gasteiger partial charge on any atom is -0.379 e. The first-order valence-electron chi connectivity index (χ1n) is 12.6. The number of morpholine rings is 1. The van der Waals surface area contributed by atoms with Crippen LogP contribution >= 0.6 is 0 Å². The second-order valence-corrected chi connectivity index (χ2v) is 11.7. The average Bonchev–Trinajstić information content (AvgIpc) is 3.40. The minimum atomic E-state index is -3.25. The summed E-state index contributed by atoms with van der Waals surface area (Å²) in [6.07, 6.45) is 11.9. The predicted molar refractivity (Wildman–Crippen MR) is 144 cm³/mol. The van der Waals surface area contributed by atoms with Gasteiger partial charge in [0.05, 0.1) is 41.3 Å². The molecule has 1 aromatic carbocycles. The number of amides is 1. The summed E-state index contributed by atoms with van der Waals surface area (Å²) >= 11 is 0. The Morgan fingerprint density at radius 2 is 1.89 bits per heavy atom. The van der Waals surface area contributed by atoms with Crippen molar-refractivity contribution < 1.29 is 17.9 Å². The fourth-order valence-corrected chi connectivity index (χ4v) is 5.68. The highest BCUT2D eigenvalue weighted by Crippen LogP contribution is 2.31. The molecule has 1 amide bonds. The van der Waals surface area contributed by atoms with E-state index in [9.17, 15) is 13.2 Å². The van der Waals surface area contributed by atoms with Gasteiger partial charge in [-0.1, -0.05) is 6.08 Å². The topological polar surface area (TPSA) is 93.5 Å². The molecule has 9 heteroatoms. The molecule has 1 aliphatic carbocycles. The number of aromatic nitrogens is 2. The third kappa shape index (κ3) is 5.84. The molecule has 5 rings (SSSR count). The van der Waals surface area contributed by atoms with Crippen molar-refractivity contribution in [1.82, 2.24) is 14.5 Å². The number of hydrogen-bond donors (Lipinski definition) is 1. The zero-order chi connectivity index (χ0) is 26.0. The number of ether oxygens (including phenoxy) is 1. The van der Waals surface area contributed by atoms with E-state index < -0.39 is 9.84 Å². The summed E-state index contributed by atoms with van der Waals surface area (Å²) in [6, 6.07) is 10.8. The van der Waals surface area contributed by atoms with Gasteiger partial charge in [0.25, 0.3) is 5.91 Å². The Balaban J connectivity index is 1.23. The SMILES string of the molecule is Cc1cc(NC(=O)c2ccn(-c3ccc(S(C)(=O)=O)cc3)c2)cnc1C1=CCC(N2CCOCC2)CC1. The van der Waals surface area contributed by atoms with Crippen molar-refractivity contribution in [3.05, 3.63) is 77.9 Å². The minimum absolute atomic E-state index is 0.231. The van der Waals surface area contributed by atoms with Gasteiger partial charge in [0.1, 0.15) is 0 Å². The number of nitrogens with one attached hydrogen (secondary N) is 1. The summed E-state index contributed by atoms with van der Waals surface area (Å²) in [6.45, 7) is 5.70. The third-order valence-corrected chi connectivity index (χ3v) is 8.23. The summed E-state index contributed by atoms with van der Waals surface area (Å²) in [5.41, 5.74) is 5.24. The Labute approximate surface area is 217 Å². The van der Waals surface area contributed by atoms with Crippen LogP contribution < -0.4 is 5.32 Å². The fraction of sp³-hybridized carbons (Fsp3) is 0.357. The van der Waals surface area contributed by atoms with Crippen molar-refractivity contribution in [1.29, 1.82) is 0 Å². The van der Waals surface area contributed by atoms with Crippen molar-refractivity contribution in [3.8, 4) is 5.69 Å². The molecule has 0 bridgehead atoms. The van der Waals surface area contributed by atoms with E-state index >= 15 is 0 Å². The largest absolute Gasteiger partial charge is 0.379 e. The fourth-order valence-electron chi connectivity index (χ4n) is 5.05. The number of benzene rings is 1. The second-order valence-electron chi connectivity index (χ2n) is 9.72. The molecular formula is C28H32N4O4S. The Kier molecular flexibility index (Phi) is 7.28. The quantitative estimate of drug-likeness (QED) is 0.526. The maximum atomic E-state index is 12.9. The average molecular weight is 521 g/mol. The molecule has 3 heterocycles. The van der Waals surface area contributed by atoms with Crippen LogP contribution in [0.25, 0.3) is 11.3 Å². The van der Waals surface area contributed by atoms with Crippen LogP contribution in [0.5, 0.6) is 0 Å². The van der Waals surface area contributed by atoms with E-state index in [0.29, 0.717) is 17.3 Å². The smallest absolute Gasteiger partial charge is 0.257 e. The summed E-state index contributed by atoms with van der Waals surface area (Å²) in [4.78, 5) is 20.4. The molecule has 2 aromatic heterocycles. The van der Waals surface area contributed by atoms with Gasteiger partial charge in [0.15, 0.2) is 9.84 Å². The van der Waals surface area contributed by atoms with Gasteiger partial charge in [-0.05, 0) is 73.7 Å². The number of anilines is 1. The number of sulfone groups is 1. The van der Waals surface area contributed by atoms with Crippen molar-refractivity contribution in [2.75, 3.05) is 37.9 Å². The molecule has 1 fully saturated rings. The molecule has 8 nitrogen and oxygen atoms in total. The van der Waals surface area contributed by atoms with Crippen LogP contribution in [-0.4, -0.2) is 67.4 Å². The number of allylic oxidation sites excluding steroid dienone is 1. The summed E-state index contributed by atoms with van der Waals surface area (Å²) in [5.74, 6) is -0.231. The van der Waals surface area contributed by atoms with E-state index in [2.05, 4.69) is 16.3 Å². The van der Waals surface area contributed by atoms with Crippen LogP contribution in [0.4, 0.5) is 5.69 Å². The maximum absolute atomic E-state index is 12.9. The highest BCUT2D eigenvalue weighted by molar-refractivity contribution is 7.90. The molecule has 1 N–H and O–H groups in total. The van der Waals surface area contributed by atoms with Crippen LogP contribution in [0, 0.1) is 6.92 Å². The molecule has 1 atom stereocenters.